The largest absolute Gasteiger partial charge is 0.493 e. The van der Waals surface area contributed by atoms with Crippen LogP contribution in [-0.2, 0) is 4.79 Å². The third-order valence-corrected chi connectivity index (χ3v) is 2.38. The van der Waals surface area contributed by atoms with Crippen LogP contribution in [0.15, 0.2) is 18.2 Å². The summed E-state index contributed by atoms with van der Waals surface area (Å²) in [5.74, 6) is 0.202. The van der Waals surface area contributed by atoms with Gasteiger partial charge in [0.2, 0.25) is 0 Å². The van der Waals surface area contributed by atoms with E-state index in [1.807, 2.05) is 0 Å². The summed E-state index contributed by atoms with van der Waals surface area (Å²) in [6.45, 7) is 3.83. The first-order valence-electron chi connectivity index (χ1n) is 5.76. The van der Waals surface area contributed by atoms with Crippen LogP contribution >= 0.6 is 0 Å². The van der Waals surface area contributed by atoms with Crippen molar-refractivity contribution in [2.24, 2.45) is 0 Å². The molecule has 1 aromatic carbocycles. The van der Waals surface area contributed by atoms with Gasteiger partial charge in [-0.25, -0.2) is 0 Å². The fraction of sp³-hybridized carbons (Fsp3) is 0.417. The molecule has 0 aromatic heterocycles. The minimum absolute atomic E-state index is 0.126. The third-order valence-electron chi connectivity index (χ3n) is 2.38. The highest BCUT2D eigenvalue weighted by atomic mass is 16.6. The lowest BCUT2D eigenvalue weighted by atomic mass is 10.2. The van der Waals surface area contributed by atoms with E-state index in [1.165, 1.54) is 25.3 Å². The third kappa shape index (κ3) is 3.84. The van der Waals surface area contributed by atoms with Crippen LogP contribution < -0.4 is 14.8 Å². The summed E-state index contributed by atoms with van der Waals surface area (Å²) in [5.41, 5.74) is -0.126. The standard InChI is InChI=1S/C12H16N2O5/c1-4-13-12(15)8(2)19-11-7-9(14(16)17)5-6-10(11)18-3/h5-8H,4H2,1-3H3,(H,13,15)/t8-/m0/s1. The molecule has 0 spiro atoms. The Kier molecular flexibility index (Phi) is 5.11. The second-order valence-electron chi connectivity index (χ2n) is 3.75. The summed E-state index contributed by atoms with van der Waals surface area (Å²) < 4.78 is 10.4. The summed E-state index contributed by atoms with van der Waals surface area (Å²) >= 11 is 0. The first-order valence-corrected chi connectivity index (χ1v) is 5.76. The summed E-state index contributed by atoms with van der Waals surface area (Å²) in [4.78, 5) is 21.7. The van der Waals surface area contributed by atoms with Gasteiger partial charge in [-0.3, -0.25) is 14.9 Å². The SMILES string of the molecule is CCNC(=O)[C@H](C)Oc1cc([N+](=O)[O-])ccc1OC. The number of amides is 1. The maximum atomic E-state index is 11.6. The zero-order valence-electron chi connectivity index (χ0n) is 11.0. The molecule has 7 heteroatoms. The van der Waals surface area contributed by atoms with Crippen molar-refractivity contribution in [1.29, 1.82) is 0 Å². The fourth-order valence-corrected chi connectivity index (χ4v) is 1.43. The Balaban J connectivity index is 2.94. The molecule has 1 amide bonds. The molecule has 0 fully saturated rings. The summed E-state index contributed by atoms with van der Waals surface area (Å²) in [7, 11) is 1.42. The minimum atomic E-state index is -0.768. The first-order chi connectivity index (χ1) is 8.99. The number of benzene rings is 1. The van der Waals surface area contributed by atoms with Crippen molar-refractivity contribution < 1.29 is 19.2 Å². The van der Waals surface area contributed by atoms with E-state index in [1.54, 1.807) is 13.8 Å². The van der Waals surface area contributed by atoms with Gasteiger partial charge in [0.05, 0.1) is 18.1 Å². The molecule has 0 aliphatic heterocycles. The molecule has 1 atom stereocenters. The number of non-ortho nitro benzene ring substituents is 1. The maximum Gasteiger partial charge on any atom is 0.273 e. The Morgan fingerprint density at radius 2 is 2.16 bits per heavy atom. The summed E-state index contributed by atoms with van der Waals surface area (Å²) in [6.07, 6.45) is -0.768. The van der Waals surface area contributed by atoms with Gasteiger partial charge >= 0.3 is 0 Å². The average Bonchev–Trinajstić information content (AvgIpc) is 2.38. The van der Waals surface area contributed by atoms with Crippen molar-refractivity contribution in [3.63, 3.8) is 0 Å². The number of nitro groups is 1. The number of ether oxygens (including phenoxy) is 2. The predicted octanol–water partition coefficient (Wildman–Crippen LogP) is 1.51. The number of likely N-dealkylation sites (N-methyl/N-ethyl adjacent to an activating group) is 1. The zero-order chi connectivity index (χ0) is 14.4. The second kappa shape index (κ2) is 6.58. The molecule has 0 unspecified atom stereocenters. The van der Waals surface area contributed by atoms with Gasteiger partial charge < -0.3 is 14.8 Å². The number of nitrogens with one attached hydrogen (secondary N) is 1. The van der Waals surface area contributed by atoms with Gasteiger partial charge in [0.25, 0.3) is 11.6 Å². The van der Waals surface area contributed by atoms with Gasteiger partial charge in [-0.15, -0.1) is 0 Å². The Morgan fingerprint density at radius 1 is 1.47 bits per heavy atom. The maximum absolute atomic E-state index is 11.6. The number of carbonyl (C=O) groups is 1. The van der Waals surface area contributed by atoms with Crippen LogP contribution in [0, 0.1) is 10.1 Å². The van der Waals surface area contributed by atoms with Gasteiger partial charge in [-0.1, -0.05) is 0 Å². The molecule has 7 nitrogen and oxygen atoms in total. The average molecular weight is 268 g/mol. The number of nitro benzene ring substituents is 1. The van der Waals surface area contributed by atoms with E-state index in [0.717, 1.165) is 0 Å². The van der Waals surface area contributed by atoms with Gasteiger partial charge in [0.15, 0.2) is 17.6 Å². The lowest BCUT2D eigenvalue weighted by Gasteiger charge is -2.16. The van der Waals surface area contributed by atoms with E-state index in [2.05, 4.69) is 5.32 Å². The summed E-state index contributed by atoms with van der Waals surface area (Å²) in [5, 5.41) is 13.3. The number of nitrogens with zero attached hydrogens (tertiary/aromatic N) is 1. The smallest absolute Gasteiger partial charge is 0.273 e. The number of hydrogen-bond acceptors (Lipinski definition) is 5. The van der Waals surface area contributed by atoms with Crippen molar-refractivity contribution in [2.45, 2.75) is 20.0 Å². The molecule has 0 aliphatic carbocycles. The molecule has 1 rings (SSSR count). The molecule has 0 saturated heterocycles. The van der Waals surface area contributed by atoms with Crippen LogP contribution in [0.25, 0.3) is 0 Å². The topological polar surface area (TPSA) is 90.7 Å². The highest BCUT2D eigenvalue weighted by Crippen LogP contribution is 2.31. The van der Waals surface area contributed by atoms with Crippen LogP contribution in [-0.4, -0.2) is 30.6 Å². The molecular formula is C12H16N2O5. The number of rotatable bonds is 6. The van der Waals surface area contributed by atoms with Gasteiger partial charge in [-0.05, 0) is 19.9 Å². The van der Waals surface area contributed by atoms with Crippen LogP contribution in [0.4, 0.5) is 5.69 Å². The van der Waals surface area contributed by atoms with Crippen LogP contribution in [0.2, 0.25) is 0 Å². The molecule has 0 bridgehead atoms. The Hall–Kier alpha value is -2.31. The monoisotopic (exact) mass is 268 g/mol. The van der Waals surface area contributed by atoms with Gasteiger partial charge in [0.1, 0.15) is 0 Å². The lowest BCUT2D eigenvalue weighted by molar-refractivity contribution is -0.385. The van der Waals surface area contributed by atoms with Crippen LogP contribution in [0.1, 0.15) is 13.8 Å². The molecule has 0 saturated carbocycles. The fourth-order valence-electron chi connectivity index (χ4n) is 1.43. The van der Waals surface area contributed by atoms with E-state index in [-0.39, 0.29) is 17.3 Å². The van der Waals surface area contributed by atoms with Gasteiger partial charge in [-0.2, -0.15) is 0 Å². The van der Waals surface area contributed by atoms with Crippen molar-refractivity contribution in [2.75, 3.05) is 13.7 Å². The Morgan fingerprint density at radius 3 is 2.68 bits per heavy atom. The minimum Gasteiger partial charge on any atom is -0.493 e. The van der Waals surface area contributed by atoms with Crippen LogP contribution in [0.3, 0.4) is 0 Å². The Labute approximate surface area is 110 Å². The number of hydrogen-bond donors (Lipinski definition) is 1. The van der Waals surface area contributed by atoms with E-state index < -0.39 is 11.0 Å². The van der Waals surface area contributed by atoms with Gasteiger partial charge in [0, 0.05) is 12.6 Å². The lowest BCUT2D eigenvalue weighted by Crippen LogP contribution is -2.36. The molecule has 19 heavy (non-hydrogen) atoms. The van der Waals surface area contributed by atoms with Crippen LogP contribution in [0.5, 0.6) is 11.5 Å². The zero-order valence-corrected chi connectivity index (χ0v) is 11.0. The predicted molar refractivity (Wildman–Crippen MR) is 68.4 cm³/mol. The highest BCUT2D eigenvalue weighted by molar-refractivity contribution is 5.80. The van der Waals surface area contributed by atoms with Crippen molar-refractivity contribution >= 4 is 11.6 Å². The van der Waals surface area contributed by atoms with E-state index in [9.17, 15) is 14.9 Å². The molecule has 1 aromatic rings. The normalized spacial score (nSPS) is 11.5. The van der Waals surface area contributed by atoms with E-state index in [0.29, 0.717) is 12.3 Å². The molecule has 0 aliphatic rings. The molecular weight excluding hydrogens is 252 g/mol. The number of carbonyl (C=O) groups excluding carboxylic acids is 1. The second-order valence-corrected chi connectivity index (χ2v) is 3.75. The highest BCUT2D eigenvalue weighted by Gasteiger charge is 2.18. The van der Waals surface area contributed by atoms with Crippen molar-refractivity contribution in [3.05, 3.63) is 28.3 Å². The van der Waals surface area contributed by atoms with E-state index >= 15 is 0 Å². The Bertz CT molecular complexity index is 475. The van der Waals surface area contributed by atoms with E-state index in [4.69, 9.17) is 9.47 Å². The molecule has 104 valence electrons. The molecule has 1 N–H and O–H groups in total. The quantitative estimate of drug-likeness (QED) is 0.623. The first kappa shape index (κ1) is 14.7. The molecule has 0 radical (unpaired) electrons. The van der Waals surface area contributed by atoms with Crippen molar-refractivity contribution in [3.8, 4) is 11.5 Å². The number of methoxy groups -OCH3 is 1. The van der Waals surface area contributed by atoms with Crippen molar-refractivity contribution in [1.82, 2.24) is 5.32 Å². The molecule has 0 heterocycles. The summed E-state index contributed by atoms with van der Waals surface area (Å²) in [6, 6.07) is 3.97.